The molecule has 0 bridgehead atoms. The van der Waals surface area contributed by atoms with Gasteiger partial charge >= 0.3 is 0 Å². The summed E-state index contributed by atoms with van der Waals surface area (Å²) in [5, 5.41) is 8.89. The van der Waals surface area contributed by atoms with E-state index in [0.717, 1.165) is 16.8 Å². The standard InChI is InChI=1S/C22H20N4O/c23-11-15-3-5-16(6-4-15)19-13-26(14-19)22(27)17-7-8-18(12-24)20(10-17)21-2-1-9-25-21/h1-10,19,25H,12-14,24H2. The van der Waals surface area contributed by atoms with E-state index in [1.807, 2.05) is 65.7 Å². The lowest BCUT2D eigenvalue weighted by atomic mass is 9.90. The van der Waals surface area contributed by atoms with E-state index in [-0.39, 0.29) is 5.91 Å². The molecule has 3 N–H and O–H groups in total. The predicted octanol–water partition coefficient (Wildman–Crippen LogP) is 3.25. The first-order valence-corrected chi connectivity index (χ1v) is 8.95. The molecular formula is C22H20N4O. The minimum Gasteiger partial charge on any atom is -0.361 e. The third-order valence-corrected chi connectivity index (χ3v) is 5.14. The highest BCUT2D eigenvalue weighted by Crippen LogP contribution is 2.30. The third kappa shape index (κ3) is 3.23. The van der Waals surface area contributed by atoms with Crippen LogP contribution in [0.3, 0.4) is 0 Å². The van der Waals surface area contributed by atoms with Crippen LogP contribution >= 0.6 is 0 Å². The Kier molecular flexibility index (Phi) is 4.49. The molecule has 2 heterocycles. The first-order chi connectivity index (χ1) is 13.2. The van der Waals surface area contributed by atoms with Gasteiger partial charge in [-0.1, -0.05) is 18.2 Å². The third-order valence-electron chi connectivity index (χ3n) is 5.14. The van der Waals surface area contributed by atoms with Gasteiger partial charge in [-0.05, 0) is 47.5 Å². The number of amides is 1. The highest BCUT2D eigenvalue weighted by atomic mass is 16.2. The Morgan fingerprint density at radius 2 is 1.96 bits per heavy atom. The van der Waals surface area contributed by atoms with Gasteiger partial charge in [0.05, 0.1) is 11.6 Å². The van der Waals surface area contributed by atoms with Crippen molar-refractivity contribution in [3.63, 3.8) is 0 Å². The smallest absolute Gasteiger partial charge is 0.253 e. The molecule has 1 aliphatic rings. The van der Waals surface area contributed by atoms with E-state index in [1.54, 1.807) is 0 Å². The van der Waals surface area contributed by atoms with Crippen LogP contribution in [0.1, 0.15) is 33.0 Å². The molecule has 134 valence electrons. The molecule has 1 fully saturated rings. The van der Waals surface area contributed by atoms with Crippen LogP contribution in [-0.4, -0.2) is 28.9 Å². The maximum atomic E-state index is 12.9. The number of hydrogen-bond acceptors (Lipinski definition) is 3. The van der Waals surface area contributed by atoms with Gasteiger partial charge in [0.2, 0.25) is 0 Å². The van der Waals surface area contributed by atoms with Crippen LogP contribution in [0.5, 0.6) is 0 Å². The monoisotopic (exact) mass is 356 g/mol. The molecule has 27 heavy (non-hydrogen) atoms. The van der Waals surface area contributed by atoms with Crippen molar-refractivity contribution in [2.24, 2.45) is 5.73 Å². The summed E-state index contributed by atoms with van der Waals surface area (Å²) < 4.78 is 0. The number of rotatable bonds is 4. The fourth-order valence-corrected chi connectivity index (χ4v) is 3.50. The summed E-state index contributed by atoms with van der Waals surface area (Å²) >= 11 is 0. The van der Waals surface area contributed by atoms with Crippen LogP contribution in [0.4, 0.5) is 0 Å². The number of aromatic amines is 1. The predicted molar refractivity (Wildman–Crippen MR) is 104 cm³/mol. The van der Waals surface area contributed by atoms with Crippen molar-refractivity contribution >= 4 is 5.91 Å². The number of carbonyl (C=O) groups excluding carboxylic acids is 1. The molecule has 1 amide bonds. The number of aromatic nitrogens is 1. The summed E-state index contributed by atoms with van der Waals surface area (Å²) in [5.41, 5.74) is 11.3. The largest absolute Gasteiger partial charge is 0.361 e. The number of nitrogens with zero attached hydrogens (tertiary/aromatic N) is 2. The quantitative estimate of drug-likeness (QED) is 0.752. The Bertz CT molecular complexity index is 994. The second kappa shape index (κ2) is 7.10. The summed E-state index contributed by atoms with van der Waals surface area (Å²) in [6.07, 6.45) is 1.86. The van der Waals surface area contributed by atoms with E-state index in [9.17, 15) is 4.79 Å². The van der Waals surface area contributed by atoms with Crippen molar-refractivity contribution in [3.05, 3.63) is 83.0 Å². The molecule has 2 aromatic carbocycles. The van der Waals surface area contributed by atoms with Crippen molar-refractivity contribution in [1.82, 2.24) is 9.88 Å². The lowest BCUT2D eigenvalue weighted by molar-refractivity contribution is 0.0602. The molecule has 3 aromatic rings. The van der Waals surface area contributed by atoms with Crippen molar-refractivity contribution in [1.29, 1.82) is 5.26 Å². The Balaban J connectivity index is 1.49. The molecule has 0 radical (unpaired) electrons. The van der Waals surface area contributed by atoms with Crippen molar-refractivity contribution in [2.45, 2.75) is 12.5 Å². The van der Waals surface area contributed by atoms with Crippen LogP contribution in [0.2, 0.25) is 0 Å². The number of carbonyl (C=O) groups is 1. The maximum Gasteiger partial charge on any atom is 0.253 e. The number of benzene rings is 2. The molecule has 0 aliphatic carbocycles. The molecular weight excluding hydrogens is 336 g/mol. The van der Waals surface area contributed by atoms with Gasteiger partial charge in [-0.3, -0.25) is 4.79 Å². The van der Waals surface area contributed by atoms with Crippen LogP contribution in [-0.2, 0) is 6.54 Å². The summed E-state index contributed by atoms with van der Waals surface area (Å²) in [6, 6.07) is 19.4. The van der Waals surface area contributed by atoms with Crippen LogP contribution in [0.15, 0.2) is 60.8 Å². The van der Waals surface area contributed by atoms with Crippen LogP contribution in [0, 0.1) is 11.3 Å². The summed E-state index contributed by atoms with van der Waals surface area (Å²) in [5.74, 6) is 0.365. The van der Waals surface area contributed by atoms with Gasteiger partial charge in [-0.2, -0.15) is 5.26 Å². The number of nitrogens with two attached hydrogens (primary N) is 1. The van der Waals surface area contributed by atoms with E-state index in [4.69, 9.17) is 11.0 Å². The second-order valence-corrected chi connectivity index (χ2v) is 6.80. The molecule has 4 rings (SSSR count). The van der Waals surface area contributed by atoms with E-state index in [0.29, 0.717) is 36.7 Å². The Morgan fingerprint density at radius 1 is 1.19 bits per heavy atom. The molecule has 5 nitrogen and oxygen atoms in total. The van der Waals surface area contributed by atoms with Crippen molar-refractivity contribution in [3.8, 4) is 17.3 Å². The lowest BCUT2D eigenvalue weighted by Crippen LogP contribution is -2.48. The fourth-order valence-electron chi connectivity index (χ4n) is 3.50. The van der Waals surface area contributed by atoms with Crippen LogP contribution in [0.25, 0.3) is 11.3 Å². The summed E-state index contributed by atoms with van der Waals surface area (Å²) in [7, 11) is 0. The van der Waals surface area contributed by atoms with Gasteiger partial charge in [0.25, 0.3) is 5.91 Å². The zero-order chi connectivity index (χ0) is 18.8. The molecule has 0 saturated carbocycles. The van der Waals surface area contributed by atoms with Gasteiger partial charge in [0, 0.05) is 48.6 Å². The summed E-state index contributed by atoms with van der Waals surface area (Å²) in [4.78, 5) is 17.9. The minimum absolute atomic E-state index is 0.0382. The molecule has 0 spiro atoms. The first kappa shape index (κ1) is 17.1. The number of nitriles is 1. The molecule has 1 saturated heterocycles. The van der Waals surface area contributed by atoms with Crippen molar-refractivity contribution in [2.75, 3.05) is 13.1 Å². The molecule has 1 aromatic heterocycles. The van der Waals surface area contributed by atoms with Gasteiger partial charge in [-0.25, -0.2) is 0 Å². The molecule has 0 unspecified atom stereocenters. The Hall–Kier alpha value is -3.36. The minimum atomic E-state index is 0.0382. The maximum absolute atomic E-state index is 12.9. The van der Waals surface area contributed by atoms with E-state index >= 15 is 0 Å². The van der Waals surface area contributed by atoms with Gasteiger partial charge in [-0.15, -0.1) is 0 Å². The van der Waals surface area contributed by atoms with Gasteiger partial charge in [0.1, 0.15) is 0 Å². The lowest BCUT2D eigenvalue weighted by Gasteiger charge is -2.39. The SMILES string of the molecule is N#Cc1ccc(C2CN(C(=O)c3ccc(CN)c(-c4ccc[nH]4)c3)C2)cc1. The number of H-pyrrole nitrogens is 1. The Morgan fingerprint density at radius 3 is 2.59 bits per heavy atom. The van der Waals surface area contributed by atoms with Gasteiger partial charge in [0.15, 0.2) is 0 Å². The van der Waals surface area contributed by atoms with E-state index in [1.165, 1.54) is 5.56 Å². The van der Waals surface area contributed by atoms with E-state index in [2.05, 4.69) is 11.1 Å². The first-order valence-electron chi connectivity index (χ1n) is 8.95. The topological polar surface area (TPSA) is 85.9 Å². The average molecular weight is 356 g/mol. The highest BCUT2D eigenvalue weighted by molar-refractivity contribution is 5.96. The van der Waals surface area contributed by atoms with Gasteiger partial charge < -0.3 is 15.6 Å². The molecule has 0 atom stereocenters. The number of likely N-dealkylation sites (tertiary alicyclic amines) is 1. The number of hydrogen-bond donors (Lipinski definition) is 2. The molecule has 5 heteroatoms. The zero-order valence-corrected chi connectivity index (χ0v) is 14.9. The zero-order valence-electron chi connectivity index (χ0n) is 14.9. The normalized spacial score (nSPS) is 13.9. The molecule has 1 aliphatic heterocycles. The average Bonchev–Trinajstić information content (AvgIpc) is 3.21. The highest BCUT2D eigenvalue weighted by Gasteiger charge is 2.32. The van der Waals surface area contributed by atoms with Crippen LogP contribution < -0.4 is 5.73 Å². The summed E-state index contributed by atoms with van der Waals surface area (Å²) in [6.45, 7) is 1.82. The second-order valence-electron chi connectivity index (χ2n) is 6.80. The fraction of sp³-hybridized carbons (Fsp3) is 0.182. The Labute approximate surface area is 158 Å². The number of nitrogens with one attached hydrogen (secondary N) is 1. The van der Waals surface area contributed by atoms with Crippen molar-refractivity contribution < 1.29 is 4.79 Å². The van der Waals surface area contributed by atoms with E-state index < -0.39 is 0 Å².